The van der Waals surface area contributed by atoms with Crippen LogP contribution in [0.15, 0.2) is 188 Å². The Labute approximate surface area is 301 Å². The van der Waals surface area contributed by atoms with E-state index in [1.54, 1.807) is 0 Å². The molecule has 1 unspecified atom stereocenters. The van der Waals surface area contributed by atoms with Gasteiger partial charge in [-0.15, -0.1) is 0 Å². The van der Waals surface area contributed by atoms with Crippen molar-refractivity contribution in [3.05, 3.63) is 199 Å². The van der Waals surface area contributed by atoms with Crippen molar-refractivity contribution in [3.8, 4) is 44.5 Å². The maximum Gasteiger partial charge on any atom is 0.0540 e. The van der Waals surface area contributed by atoms with E-state index in [-0.39, 0.29) is 5.41 Å². The quantitative estimate of drug-likeness (QED) is 0.165. The maximum absolute atomic E-state index is 2.41. The highest BCUT2D eigenvalue weighted by Gasteiger charge is 2.37. The van der Waals surface area contributed by atoms with Crippen LogP contribution < -0.4 is 4.90 Å². The van der Waals surface area contributed by atoms with Crippen molar-refractivity contribution in [2.24, 2.45) is 0 Å². The van der Waals surface area contributed by atoms with Crippen molar-refractivity contribution in [1.82, 2.24) is 0 Å². The van der Waals surface area contributed by atoms with E-state index < -0.39 is 0 Å². The summed E-state index contributed by atoms with van der Waals surface area (Å²) in [7, 11) is 0. The first-order valence-electron chi connectivity index (χ1n) is 18.0. The van der Waals surface area contributed by atoms with E-state index >= 15 is 0 Å². The van der Waals surface area contributed by atoms with Crippen LogP contribution in [0, 0.1) is 0 Å². The fourth-order valence-corrected chi connectivity index (χ4v) is 8.10. The van der Waals surface area contributed by atoms with Crippen molar-refractivity contribution in [1.29, 1.82) is 0 Å². The van der Waals surface area contributed by atoms with Gasteiger partial charge >= 0.3 is 0 Å². The van der Waals surface area contributed by atoms with Crippen LogP contribution in [0.2, 0.25) is 0 Å². The Balaban J connectivity index is 1.08. The minimum Gasteiger partial charge on any atom is -0.310 e. The van der Waals surface area contributed by atoms with Crippen LogP contribution in [0.1, 0.15) is 31.4 Å². The fraction of sp³-hybridized carbons (Fsp3) is 0.0800. The molecule has 0 N–H and O–H groups in total. The molecule has 1 heteroatoms. The Bertz CT molecular complexity index is 2510. The number of benzene rings is 8. The van der Waals surface area contributed by atoms with Crippen molar-refractivity contribution < 1.29 is 0 Å². The van der Waals surface area contributed by atoms with Gasteiger partial charge in [-0.1, -0.05) is 159 Å². The number of hydrogen-bond donors (Lipinski definition) is 0. The lowest BCUT2D eigenvalue weighted by molar-refractivity contribution is 0.564. The molecule has 0 saturated carbocycles. The summed E-state index contributed by atoms with van der Waals surface area (Å²) in [5.41, 5.74) is 16.4. The number of rotatable bonds is 7. The molecule has 244 valence electrons. The Morgan fingerprint density at radius 1 is 0.412 bits per heavy atom. The maximum atomic E-state index is 2.41. The lowest BCUT2D eigenvalue weighted by atomic mass is 9.78. The molecule has 1 nitrogen and oxygen atoms in total. The van der Waals surface area contributed by atoms with Gasteiger partial charge < -0.3 is 4.90 Å². The van der Waals surface area contributed by atoms with Gasteiger partial charge in [0.15, 0.2) is 0 Å². The molecule has 0 saturated heterocycles. The van der Waals surface area contributed by atoms with Crippen LogP contribution in [-0.2, 0) is 5.41 Å². The van der Waals surface area contributed by atoms with Gasteiger partial charge in [-0.2, -0.15) is 0 Å². The monoisotopic (exact) mass is 653 g/mol. The fourth-order valence-electron chi connectivity index (χ4n) is 8.10. The number of anilines is 3. The van der Waals surface area contributed by atoms with Crippen LogP contribution in [0.3, 0.4) is 0 Å². The van der Waals surface area contributed by atoms with Crippen molar-refractivity contribution in [2.45, 2.75) is 25.7 Å². The summed E-state index contributed by atoms with van der Waals surface area (Å²) in [6.45, 7) is 4.69. The third-order valence-electron chi connectivity index (χ3n) is 11.0. The molecule has 8 aromatic carbocycles. The van der Waals surface area contributed by atoms with E-state index in [4.69, 9.17) is 0 Å². The van der Waals surface area contributed by atoms with Crippen LogP contribution in [0.4, 0.5) is 17.1 Å². The van der Waals surface area contributed by atoms with Crippen molar-refractivity contribution in [2.75, 3.05) is 4.90 Å². The minimum absolute atomic E-state index is 0.0535. The van der Waals surface area contributed by atoms with E-state index in [2.05, 4.69) is 207 Å². The first-order chi connectivity index (χ1) is 25.1. The van der Waals surface area contributed by atoms with Gasteiger partial charge in [-0.05, 0) is 110 Å². The van der Waals surface area contributed by atoms with Crippen LogP contribution >= 0.6 is 0 Å². The number of nitrogens with zero attached hydrogens (tertiary/aromatic N) is 1. The molecule has 0 aliphatic heterocycles. The highest BCUT2D eigenvalue weighted by Crippen LogP contribution is 2.51. The largest absolute Gasteiger partial charge is 0.310 e. The SMILES string of the molecule is CCC1(C)c2ccccc2-c2cc(-c3cccc(-c4ccc(N(c5ccc(-c6ccccc6)cc5)c5cccc6ccccc56)cc4)c3)ccc21. The topological polar surface area (TPSA) is 3.24 Å². The van der Waals surface area contributed by atoms with Gasteiger partial charge in [0.1, 0.15) is 0 Å². The minimum atomic E-state index is 0.0535. The predicted molar refractivity (Wildman–Crippen MR) is 217 cm³/mol. The van der Waals surface area contributed by atoms with Gasteiger partial charge in [-0.3, -0.25) is 0 Å². The van der Waals surface area contributed by atoms with Gasteiger partial charge in [0.25, 0.3) is 0 Å². The smallest absolute Gasteiger partial charge is 0.0540 e. The lowest BCUT2D eigenvalue weighted by Gasteiger charge is -2.27. The predicted octanol–water partition coefficient (Wildman–Crippen LogP) is 14.0. The molecule has 9 rings (SSSR count). The van der Waals surface area contributed by atoms with Gasteiger partial charge in [0.2, 0.25) is 0 Å². The molecule has 1 aliphatic rings. The molecule has 0 bridgehead atoms. The van der Waals surface area contributed by atoms with Crippen LogP contribution in [0.25, 0.3) is 55.3 Å². The summed E-state index contributed by atoms with van der Waals surface area (Å²) in [4.78, 5) is 2.38. The zero-order valence-corrected chi connectivity index (χ0v) is 29.1. The Morgan fingerprint density at radius 2 is 0.922 bits per heavy atom. The molecule has 1 aliphatic carbocycles. The summed E-state index contributed by atoms with van der Waals surface area (Å²) >= 11 is 0. The molecule has 0 heterocycles. The third-order valence-corrected chi connectivity index (χ3v) is 11.0. The second-order valence-electron chi connectivity index (χ2n) is 13.9. The summed E-state index contributed by atoms with van der Waals surface area (Å²) in [6, 6.07) is 68.7. The molecule has 0 radical (unpaired) electrons. The normalized spacial score (nSPS) is 14.6. The molecule has 51 heavy (non-hydrogen) atoms. The van der Waals surface area contributed by atoms with Crippen LogP contribution in [0.5, 0.6) is 0 Å². The van der Waals surface area contributed by atoms with E-state index in [9.17, 15) is 0 Å². The first-order valence-corrected chi connectivity index (χ1v) is 18.0. The molecule has 0 aromatic heterocycles. The summed E-state index contributed by atoms with van der Waals surface area (Å²) in [5, 5.41) is 2.45. The van der Waals surface area contributed by atoms with E-state index in [1.165, 1.54) is 66.4 Å². The number of hydrogen-bond acceptors (Lipinski definition) is 1. The second-order valence-corrected chi connectivity index (χ2v) is 13.9. The Hall–Kier alpha value is -6.18. The highest BCUT2D eigenvalue weighted by molar-refractivity contribution is 5.99. The molecular weight excluding hydrogens is 615 g/mol. The molecule has 0 fully saturated rings. The van der Waals surface area contributed by atoms with E-state index in [0.29, 0.717) is 0 Å². The second kappa shape index (κ2) is 12.6. The summed E-state index contributed by atoms with van der Waals surface area (Å²) < 4.78 is 0. The van der Waals surface area contributed by atoms with E-state index in [1.807, 2.05) is 0 Å². The molecular formula is C50H39N. The van der Waals surface area contributed by atoms with E-state index in [0.717, 1.165) is 23.5 Å². The Kier molecular flexibility index (Phi) is 7.63. The summed E-state index contributed by atoms with van der Waals surface area (Å²) in [5.74, 6) is 0. The molecule has 8 aromatic rings. The number of fused-ring (bicyclic) bond motifs is 4. The van der Waals surface area contributed by atoms with Gasteiger partial charge in [-0.25, -0.2) is 0 Å². The molecule has 0 amide bonds. The lowest BCUT2D eigenvalue weighted by Crippen LogP contribution is -2.18. The van der Waals surface area contributed by atoms with Crippen molar-refractivity contribution >= 4 is 27.8 Å². The van der Waals surface area contributed by atoms with Crippen LogP contribution in [-0.4, -0.2) is 0 Å². The Morgan fingerprint density at radius 3 is 1.67 bits per heavy atom. The standard InChI is InChI=1S/C50H39N/c1-3-50(2)47-21-10-9-20-45(47)46-34-41(27-32-48(46)50)40-18-11-17-39(33-40)37-25-30-43(31-26-37)51(49-22-12-16-38-15-7-8-19-44(38)49)42-28-23-36(24-29-42)35-13-5-4-6-14-35/h4-34H,3H2,1-2H3. The average Bonchev–Trinajstić information content (AvgIpc) is 3.46. The zero-order chi connectivity index (χ0) is 34.4. The van der Waals surface area contributed by atoms with Gasteiger partial charge in [0, 0.05) is 22.2 Å². The molecule has 1 atom stereocenters. The summed E-state index contributed by atoms with van der Waals surface area (Å²) in [6.07, 6.45) is 1.08. The third kappa shape index (κ3) is 5.34. The zero-order valence-electron chi connectivity index (χ0n) is 29.1. The molecule has 0 spiro atoms. The highest BCUT2D eigenvalue weighted by atomic mass is 15.1. The first kappa shape index (κ1) is 30.8. The van der Waals surface area contributed by atoms with Crippen molar-refractivity contribution in [3.63, 3.8) is 0 Å². The average molecular weight is 654 g/mol. The van der Waals surface area contributed by atoms with Gasteiger partial charge in [0.05, 0.1) is 5.69 Å².